The Kier molecular flexibility index (Phi) is 6.68. The van der Waals surface area contributed by atoms with Crippen LogP contribution in [0, 0.1) is 0 Å². The second-order valence-corrected chi connectivity index (χ2v) is 5.88. The van der Waals surface area contributed by atoms with Crippen LogP contribution in [0.3, 0.4) is 0 Å². The van der Waals surface area contributed by atoms with E-state index in [4.69, 9.17) is 4.74 Å². The molecule has 1 aliphatic carbocycles. The molecule has 0 heterocycles. The van der Waals surface area contributed by atoms with Gasteiger partial charge in [0.2, 0.25) is 0 Å². The molecule has 5 nitrogen and oxygen atoms in total. The van der Waals surface area contributed by atoms with Crippen LogP contribution < -0.4 is 10.6 Å². The van der Waals surface area contributed by atoms with E-state index in [1.807, 2.05) is 37.3 Å². The van der Waals surface area contributed by atoms with Crippen molar-refractivity contribution in [2.45, 2.75) is 57.4 Å². The highest BCUT2D eigenvalue weighted by Crippen LogP contribution is 2.20. The lowest BCUT2D eigenvalue weighted by Gasteiger charge is -2.36. The van der Waals surface area contributed by atoms with E-state index in [1.165, 1.54) is 0 Å². The van der Waals surface area contributed by atoms with Gasteiger partial charge in [0.15, 0.2) is 0 Å². The molecule has 0 aliphatic heterocycles. The zero-order chi connectivity index (χ0) is 15.8. The quantitative estimate of drug-likeness (QED) is 0.688. The van der Waals surface area contributed by atoms with E-state index >= 15 is 0 Å². The Hall–Kier alpha value is -1.59. The molecule has 1 aliphatic rings. The summed E-state index contributed by atoms with van der Waals surface area (Å²) in [6, 6.07) is 10.3. The van der Waals surface area contributed by atoms with Crippen LogP contribution in [-0.2, 0) is 11.3 Å². The second kappa shape index (κ2) is 8.76. The van der Waals surface area contributed by atoms with Crippen molar-refractivity contribution in [3.63, 3.8) is 0 Å². The fourth-order valence-electron chi connectivity index (χ4n) is 2.49. The molecule has 1 atom stereocenters. The van der Waals surface area contributed by atoms with Gasteiger partial charge in [-0.05, 0) is 37.8 Å². The SMILES string of the molecule is CCC(O)CCNC1CC(NC(=O)OCc2ccccc2)C1. The standard InChI is InChI=1S/C17H26N2O3/c1-2-16(20)8-9-18-14-10-15(11-14)19-17(21)22-12-13-6-4-3-5-7-13/h3-7,14-16,18,20H,2,8-12H2,1H3,(H,19,21). The maximum atomic E-state index is 11.7. The van der Waals surface area contributed by atoms with Crippen molar-refractivity contribution in [1.29, 1.82) is 0 Å². The number of carbonyl (C=O) groups excluding carboxylic acids is 1. The first kappa shape index (κ1) is 16.8. The van der Waals surface area contributed by atoms with Gasteiger partial charge in [0.05, 0.1) is 6.10 Å². The van der Waals surface area contributed by atoms with Crippen LogP contribution in [0.25, 0.3) is 0 Å². The number of alkyl carbamates (subject to hydrolysis) is 1. The second-order valence-electron chi connectivity index (χ2n) is 5.88. The minimum absolute atomic E-state index is 0.192. The summed E-state index contributed by atoms with van der Waals surface area (Å²) in [4.78, 5) is 11.7. The van der Waals surface area contributed by atoms with Crippen LogP contribution >= 0.6 is 0 Å². The summed E-state index contributed by atoms with van der Waals surface area (Å²) in [7, 11) is 0. The number of hydrogen-bond donors (Lipinski definition) is 3. The number of aliphatic hydroxyl groups excluding tert-OH is 1. The number of rotatable bonds is 8. The zero-order valence-electron chi connectivity index (χ0n) is 13.1. The minimum atomic E-state index is -0.353. The number of hydrogen-bond acceptors (Lipinski definition) is 4. The molecule has 5 heteroatoms. The van der Waals surface area contributed by atoms with Gasteiger partial charge in [-0.25, -0.2) is 4.79 Å². The molecule has 2 rings (SSSR count). The molecule has 0 saturated heterocycles. The fourth-order valence-corrected chi connectivity index (χ4v) is 2.49. The van der Waals surface area contributed by atoms with Crippen molar-refractivity contribution in [3.05, 3.63) is 35.9 Å². The zero-order valence-corrected chi connectivity index (χ0v) is 13.1. The Bertz CT molecular complexity index is 446. The maximum Gasteiger partial charge on any atom is 0.407 e. The summed E-state index contributed by atoms with van der Waals surface area (Å²) in [6.07, 6.45) is 2.85. The molecule has 1 amide bonds. The van der Waals surface area contributed by atoms with Crippen LogP contribution in [0.4, 0.5) is 4.79 Å². The molecular weight excluding hydrogens is 280 g/mol. The van der Waals surface area contributed by atoms with E-state index in [2.05, 4.69) is 10.6 Å². The van der Waals surface area contributed by atoms with Gasteiger partial charge in [0.1, 0.15) is 6.61 Å². The number of ether oxygens (including phenoxy) is 1. The maximum absolute atomic E-state index is 11.7. The van der Waals surface area contributed by atoms with Gasteiger partial charge in [0.25, 0.3) is 0 Å². The van der Waals surface area contributed by atoms with Crippen molar-refractivity contribution >= 4 is 6.09 Å². The predicted octanol–water partition coefficient (Wildman–Crippen LogP) is 2.19. The Morgan fingerprint density at radius 2 is 2.05 bits per heavy atom. The average Bonchev–Trinajstić information content (AvgIpc) is 2.51. The topological polar surface area (TPSA) is 70.6 Å². The van der Waals surface area contributed by atoms with Crippen molar-refractivity contribution in [1.82, 2.24) is 10.6 Å². The lowest BCUT2D eigenvalue weighted by Crippen LogP contribution is -2.52. The number of benzene rings is 1. The van der Waals surface area contributed by atoms with Gasteiger partial charge < -0.3 is 20.5 Å². The highest BCUT2D eigenvalue weighted by molar-refractivity contribution is 5.67. The third-order valence-corrected chi connectivity index (χ3v) is 4.05. The Labute approximate surface area is 132 Å². The highest BCUT2D eigenvalue weighted by atomic mass is 16.5. The van der Waals surface area contributed by atoms with E-state index in [9.17, 15) is 9.90 Å². The number of aliphatic hydroxyl groups is 1. The first-order valence-electron chi connectivity index (χ1n) is 8.06. The molecule has 1 unspecified atom stereocenters. The molecule has 1 fully saturated rings. The largest absolute Gasteiger partial charge is 0.445 e. The molecular formula is C17H26N2O3. The Morgan fingerprint density at radius 3 is 2.73 bits per heavy atom. The van der Waals surface area contributed by atoms with Crippen molar-refractivity contribution < 1.29 is 14.6 Å². The molecule has 3 N–H and O–H groups in total. The molecule has 1 aromatic carbocycles. The van der Waals surface area contributed by atoms with Crippen molar-refractivity contribution in [2.75, 3.05) is 6.54 Å². The number of nitrogens with one attached hydrogen (secondary N) is 2. The third kappa shape index (κ3) is 5.66. The van der Waals surface area contributed by atoms with E-state index in [1.54, 1.807) is 0 Å². The summed E-state index contributed by atoms with van der Waals surface area (Å²) < 4.78 is 5.19. The van der Waals surface area contributed by atoms with Crippen LogP contribution in [0.15, 0.2) is 30.3 Å². The van der Waals surface area contributed by atoms with Crippen LogP contribution in [0.1, 0.15) is 38.2 Å². The van der Waals surface area contributed by atoms with Crippen molar-refractivity contribution in [2.24, 2.45) is 0 Å². The van der Waals surface area contributed by atoms with Gasteiger partial charge in [-0.15, -0.1) is 0 Å². The highest BCUT2D eigenvalue weighted by Gasteiger charge is 2.30. The normalized spacial score (nSPS) is 21.7. The van der Waals surface area contributed by atoms with E-state index in [0.717, 1.165) is 37.8 Å². The van der Waals surface area contributed by atoms with Gasteiger partial charge in [0, 0.05) is 12.1 Å². The monoisotopic (exact) mass is 306 g/mol. The third-order valence-electron chi connectivity index (χ3n) is 4.05. The summed E-state index contributed by atoms with van der Waals surface area (Å²) in [5.41, 5.74) is 0.986. The number of carbonyl (C=O) groups is 1. The lowest BCUT2D eigenvalue weighted by molar-refractivity contribution is 0.124. The van der Waals surface area contributed by atoms with Crippen LogP contribution in [-0.4, -0.2) is 35.9 Å². The predicted molar refractivity (Wildman–Crippen MR) is 85.5 cm³/mol. The summed E-state index contributed by atoms with van der Waals surface area (Å²) in [5, 5.41) is 15.7. The van der Waals surface area contributed by atoms with E-state index in [0.29, 0.717) is 12.6 Å². The molecule has 0 aromatic heterocycles. The van der Waals surface area contributed by atoms with Crippen LogP contribution in [0.2, 0.25) is 0 Å². The van der Waals surface area contributed by atoms with Gasteiger partial charge in [-0.2, -0.15) is 0 Å². The molecule has 0 bridgehead atoms. The van der Waals surface area contributed by atoms with E-state index in [-0.39, 0.29) is 18.2 Å². The minimum Gasteiger partial charge on any atom is -0.445 e. The van der Waals surface area contributed by atoms with Crippen LogP contribution in [0.5, 0.6) is 0 Å². The molecule has 1 aromatic rings. The van der Waals surface area contributed by atoms with Gasteiger partial charge >= 0.3 is 6.09 Å². The number of amides is 1. The van der Waals surface area contributed by atoms with Gasteiger partial charge in [-0.3, -0.25) is 0 Å². The average molecular weight is 306 g/mol. The van der Waals surface area contributed by atoms with E-state index < -0.39 is 0 Å². The lowest BCUT2D eigenvalue weighted by atomic mass is 9.87. The summed E-state index contributed by atoms with van der Waals surface area (Å²) in [5.74, 6) is 0. The van der Waals surface area contributed by atoms with Crippen molar-refractivity contribution in [3.8, 4) is 0 Å². The summed E-state index contributed by atoms with van der Waals surface area (Å²) >= 11 is 0. The smallest absolute Gasteiger partial charge is 0.407 e. The first-order valence-corrected chi connectivity index (χ1v) is 8.06. The fraction of sp³-hybridized carbons (Fsp3) is 0.588. The molecule has 122 valence electrons. The Morgan fingerprint density at radius 1 is 1.32 bits per heavy atom. The first-order chi connectivity index (χ1) is 10.7. The Balaban J connectivity index is 1.53. The molecule has 0 spiro atoms. The molecule has 1 saturated carbocycles. The van der Waals surface area contributed by atoms with Gasteiger partial charge in [-0.1, -0.05) is 37.3 Å². The summed E-state index contributed by atoms with van der Waals surface area (Å²) in [6.45, 7) is 3.11. The molecule has 0 radical (unpaired) electrons. The molecule has 22 heavy (non-hydrogen) atoms.